The molecule has 0 saturated carbocycles. The molecule has 1 N–H and O–H groups in total. The maximum absolute atomic E-state index is 12.1. The molecule has 0 bridgehead atoms. The molecule has 0 aliphatic rings. The predicted octanol–water partition coefficient (Wildman–Crippen LogP) is 3.83. The Kier molecular flexibility index (Phi) is 7.87. The second-order valence-electron chi connectivity index (χ2n) is 6.35. The van der Waals surface area contributed by atoms with Gasteiger partial charge in [0.15, 0.2) is 18.1 Å². The SMILES string of the molecule is CCOc1ccc(CC(=O)OCC(=O)Nc2cc(C)ccc2C)cc1OCC. The van der Waals surface area contributed by atoms with Gasteiger partial charge in [0.2, 0.25) is 0 Å². The smallest absolute Gasteiger partial charge is 0.310 e. The van der Waals surface area contributed by atoms with E-state index in [1.807, 2.05) is 45.9 Å². The maximum atomic E-state index is 12.1. The molecule has 2 rings (SSSR count). The van der Waals surface area contributed by atoms with E-state index < -0.39 is 5.97 Å². The summed E-state index contributed by atoms with van der Waals surface area (Å²) in [6.07, 6.45) is 0.0449. The summed E-state index contributed by atoms with van der Waals surface area (Å²) in [5.74, 6) is 0.364. The summed E-state index contributed by atoms with van der Waals surface area (Å²) in [5.41, 5.74) is 3.43. The molecular weight excluding hydrogens is 358 g/mol. The third-order valence-electron chi connectivity index (χ3n) is 3.99. The summed E-state index contributed by atoms with van der Waals surface area (Å²) in [4.78, 5) is 24.2. The van der Waals surface area contributed by atoms with Gasteiger partial charge in [0, 0.05) is 5.69 Å². The van der Waals surface area contributed by atoms with Crippen LogP contribution in [-0.2, 0) is 20.7 Å². The third-order valence-corrected chi connectivity index (χ3v) is 3.99. The van der Waals surface area contributed by atoms with Crippen molar-refractivity contribution in [3.8, 4) is 11.5 Å². The van der Waals surface area contributed by atoms with Crippen molar-refractivity contribution >= 4 is 17.6 Å². The highest BCUT2D eigenvalue weighted by Gasteiger charge is 2.12. The Hall–Kier alpha value is -3.02. The minimum Gasteiger partial charge on any atom is -0.490 e. The summed E-state index contributed by atoms with van der Waals surface area (Å²) in [7, 11) is 0. The van der Waals surface area contributed by atoms with Crippen molar-refractivity contribution in [1.82, 2.24) is 0 Å². The molecule has 2 aromatic rings. The average molecular weight is 385 g/mol. The molecule has 0 aliphatic heterocycles. The number of ether oxygens (including phenoxy) is 3. The first-order valence-corrected chi connectivity index (χ1v) is 9.34. The van der Waals surface area contributed by atoms with Crippen molar-refractivity contribution < 1.29 is 23.8 Å². The zero-order valence-electron chi connectivity index (χ0n) is 16.8. The Labute approximate surface area is 165 Å². The number of hydrogen-bond acceptors (Lipinski definition) is 5. The zero-order chi connectivity index (χ0) is 20.5. The van der Waals surface area contributed by atoms with Crippen LogP contribution in [0.2, 0.25) is 0 Å². The number of aryl methyl sites for hydroxylation is 2. The van der Waals surface area contributed by atoms with Crippen molar-refractivity contribution in [2.75, 3.05) is 25.1 Å². The van der Waals surface area contributed by atoms with Gasteiger partial charge in [-0.1, -0.05) is 18.2 Å². The van der Waals surface area contributed by atoms with Gasteiger partial charge in [0.25, 0.3) is 5.91 Å². The maximum Gasteiger partial charge on any atom is 0.310 e. The van der Waals surface area contributed by atoms with Gasteiger partial charge < -0.3 is 19.5 Å². The van der Waals surface area contributed by atoms with Crippen LogP contribution >= 0.6 is 0 Å². The summed E-state index contributed by atoms with van der Waals surface area (Å²) < 4.78 is 16.2. The molecule has 6 nitrogen and oxygen atoms in total. The number of esters is 1. The summed E-state index contributed by atoms with van der Waals surface area (Å²) in [6, 6.07) is 11.1. The van der Waals surface area contributed by atoms with Crippen LogP contribution in [0.15, 0.2) is 36.4 Å². The lowest BCUT2D eigenvalue weighted by Crippen LogP contribution is -2.22. The summed E-state index contributed by atoms with van der Waals surface area (Å²) in [5, 5.41) is 2.76. The van der Waals surface area contributed by atoms with E-state index in [9.17, 15) is 9.59 Å². The van der Waals surface area contributed by atoms with Crippen molar-refractivity contribution in [1.29, 1.82) is 0 Å². The molecule has 2 aromatic carbocycles. The highest BCUT2D eigenvalue weighted by atomic mass is 16.5. The van der Waals surface area contributed by atoms with Crippen LogP contribution in [0.3, 0.4) is 0 Å². The molecule has 0 unspecified atom stereocenters. The second-order valence-corrected chi connectivity index (χ2v) is 6.35. The quantitative estimate of drug-likeness (QED) is 0.664. The number of rotatable bonds is 9. The van der Waals surface area contributed by atoms with E-state index in [1.165, 1.54) is 0 Å². The molecule has 0 saturated heterocycles. The van der Waals surface area contributed by atoms with Crippen molar-refractivity contribution in [2.24, 2.45) is 0 Å². The highest BCUT2D eigenvalue weighted by Crippen LogP contribution is 2.28. The molecule has 0 aromatic heterocycles. The minimum absolute atomic E-state index is 0.0449. The predicted molar refractivity (Wildman–Crippen MR) is 108 cm³/mol. The fraction of sp³-hybridized carbons (Fsp3) is 0.364. The van der Waals surface area contributed by atoms with Crippen LogP contribution in [0, 0.1) is 13.8 Å². The third kappa shape index (κ3) is 6.30. The lowest BCUT2D eigenvalue weighted by molar-refractivity contribution is -0.146. The van der Waals surface area contributed by atoms with Gasteiger partial charge in [0.05, 0.1) is 19.6 Å². The number of carbonyl (C=O) groups excluding carboxylic acids is 2. The van der Waals surface area contributed by atoms with Crippen LogP contribution < -0.4 is 14.8 Å². The van der Waals surface area contributed by atoms with E-state index in [4.69, 9.17) is 14.2 Å². The first kappa shape index (κ1) is 21.3. The van der Waals surface area contributed by atoms with Crippen LogP contribution in [0.4, 0.5) is 5.69 Å². The monoisotopic (exact) mass is 385 g/mol. The Bertz CT molecular complexity index is 832. The number of hydrogen-bond donors (Lipinski definition) is 1. The first-order valence-electron chi connectivity index (χ1n) is 9.34. The van der Waals surface area contributed by atoms with Gasteiger partial charge in [0.1, 0.15) is 0 Å². The molecule has 0 aliphatic carbocycles. The van der Waals surface area contributed by atoms with Crippen LogP contribution in [-0.4, -0.2) is 31.7 Å². The summed E-state index contributed by atoms with van der Waals surface area (Å²) in [6.45, 7) is 8.31. The largest absolute Gasteiger partial charge is 0.490 e. The van der Waals surface area contributed by atoms with E-state index in [0.717, 1.165) is 16.7 Å². The lowest BCUT2D eigenvalue weighted by Gasteiger charge is -2.12. The number of anilines is 1. The molecular formula is C22H27NO5. The van der Waals surface area contributed by atoms with Crippen LogP contribution in [0.1, 0.15) is 30.5 Å². The standard InChI is InChI=1S/C22H27NO5/c1-5-26-19-10-9-17(12-20(19)27-6-2)13-22(25)28-14-21(24)23-18-11-15(3)7-8-16(18)4/h7-12H,5-6,13-14H2,1-4H3,(H,23,24). The fourth-order valence-electron chi connectivity index (χ4n) is 2.63. The molecule has 28 heavy (non-hydrogen) atoms. The minimum atomic E-state index is -0.484. The van der Waals surface area contributed by atoms with E-state index in [1.54, 1.807) is 18.2 Å². The second kappa shape index (κ2) is 10.3. The van der Waals surface area contributed by atoms with Crippen LogP contribution in [0.5, 0.6) is 11.5 Å². The van der Waals surface area contributed by atoms with Crippen molar-refractivity contribution in [2.45, 2.75) is 34.1 Å². The molecule has 0 radical (unpaired) electrons. The number of benzene rings is 2. The van der Waals surface area contributed by atoms with E-state index in [2.05, 4.69) is 5.32 Å². The van der Waals surface area contributed by atoms with Crippen molar-refractivity contribution in [3.05, 3.63) is 53.1 Å². The highest BCUT2D eigenvalue weighted by molar-refractivity contribution is 5.93. The normalized spacial score (nSPS) is 10.3. The Morgan fingerprint density at radius 3 is 2.36 bits per heavy atom. The van der Waals surface area contributed by atoms with Gasteiger partial charge in [-0.15, -0.1) is 0 Å². The molecule has 0 heterocycles. The number of amides is 1. The zero-order valence-corrected chi connectivity index (χ0v) is 16.8. The van der Waals surface area contributed by atoms with Gasteiger partial charge in [-0.3, -0.25) is 9.59 Å². The molecule has 150 valence electrons. The van der Waals surface area contributed by atoms with E-state index >= 15 is 0 Å². The van der Waals surface area contributed by atoms with E-state index in [-0.39, 0.29) is 18.9 Å². The van der Waals surface area contributed by atoms with Gasteiger partial charge >= 0.3 is 5.97 Å². The molecule has 0 atom stereocenters. The summed E-state index contributed by atoms with van der Waals surface area (Å²) >= 11 is 0. The topological polar surface area (TPSA) is 73.9 Å². The van der Waals surface area contributed by atoms with E-state index in [0.29, 0.717) is 30.4 Å². The Morgan fingerprint density at radius 2 is 1.64 bits per heavy atom. The molecule has 0 fully saturated rings. The molecule has 1 amide bonds. The first-order chi connectivity index (χ1) is 13.4. The Balaban J connectivity index is 1.90. The molecule has 0 spiro atoms. The van der Waals surface area contributed by atoms with Gasteiger partial charge in [-0.25, -0.2) is 0 Å². The Morgan fingerprint density at radius 1 is 0.929 bits per heavy atom. The number of nitrogens with one attached hydrogen (secondary N) is 1. The van der Waals surface area contributed by atoms with Gasteiger partial charge in [-0.2, -0.15) is 0 Å². The average Bonchev–Trinajstić information content (AvgIpc) is 2.65. The lowest BCUT2D eigenvalue weighted by atomic mass is 10.1. The van der Waals surface area contributed by atoms with Crippen molar-refractivity contribution in [3.63, 3.8) is 0 Å². The van der Waals surface area contributed by atoms with Crippen LogP contribution in [0.25, 0.3) is 0 Å². The number of carbonyl (C=O) groups is 2. The fourth-order valence-corrected chi connectivity index (χ4v) is 2.63. The molecule has 6 heteroatoms. The van der Waals surface area contributed by atoms with Gasteiger partial charge in [-0.05, 0) is 62.6 Å².